The van der Waals surface area contributed by atoms with Gasteiger partial charge in [-0.05, 0) is 50.7 Å². The molecule has 3 N–H and O–H groups in total. The van der Waals surface area contributed by atoms with Crippen LogP contribution in [0.2, 0.25) is 0 Å². The Kier molecular flexibility index (Phi) is 6.37. The maximum absolute atomic E-state index is 11.7. The van der Waals surface area contributed by atoms with Crippen molar-refractivity contribution in [2.45, 2.75) is 24.3 Å². The van der Waals surface area contributed by atoms with Gasteiger partial charge in [0.15, 0.2) is 0 Å². The van der Waals surface area contributed by atoms with Crippen molar-refractivity contribution < 1.29 is 13.2 Å². The molecule has 8 heteroatoms. The SMILES string of the molecule is CNS(=O)(=O)c1ccc(CNC(=O)NCCN2CCCC2)cc1. The van der Waals surface area contributed by atoms with Crippen molar-refractivity contribution in [3.05, 3.63) is 29.8 Å². The van der Waals surface area contributed by atoms with Crippen LogP contribution >= 0.6 is 0 Å². The Morgan fingerprint density at radius 2 is 1.78 bits per heavy atom. The maximum Gasteiger partial charge on any atom is 0.315 e. The lowest BCUT2D eigenvalue weighted by Crippen LogP contribution is -2.39. The van der Waals surface area contributed by atoms with Gasteiger partial charge in [-0.15, -0.1) is 0 Å². The van der Waals surface area contributed by atoms with Gasteiger partial charge in [0, 0.05) is 19.6 Å². The minimum absolute atomic E-state index is 0.207. The van der Waals surface area contributed by atoms with E-state index in [2.05, 4.69) is 20.3 Å². The number of benzene rings is 1. The molecule has 0 aliphatic carbocycles. The Bertz CT molecular complexity index is 610. The summed E-state index contributed by atoms with van der Waals surface area (Å²) in [5.74, 6) is 0. The Morgan fingerprint density at radius 1 is 1.13 bits per heavy atom. The van der Waals surface area contributed by atoms with E-state index in [1.165, 1.54) is 32.0 Å². The summed E-state index contributed by atoms with van der Waals surface area (Å²) in [6.45, 7) is 4.10. The van der Waals surface area contributed by atoms with Crippen LogP contribution in [-0.2, 0) is 16.6 Å². The molecule has 128 valence electrons. The zero-order valence-electron chi connectivity index (χ0n) is 13.3. The van der Waals surface area contributed by atoms with Gasteiger partial charge in [0.2, 0.25) is 10.0 Å². The van der Waals surface area contributed by atoms with Crippen molar-refractivity contribution in [1.29, 1.82) is 0 Å². The Morgan fingerprint density at radius 3 is 2.39 bits per heavy atom. The summed E-state index contributed by atoms with van der Waals surface area (Å²) < 4.78 is 25.5. The first-order valence-electron chi connectivity index (χ1n) is 7.78. The van der Waals surface area contributed by atoms with E-state index in [-0.39, 0.29) is 10.9 Å². The molecule has 1 fully saturated rings. The summed E-state index contributed by atoms with van der Waals surface area (Å²) >= 11 is 0. The van der Waals surface area contributed by atoms with Crippen molar-refractivity contribution in [3.63, 3.8) is 0 Å². The molecule has 0 aromatic heterocycles. The van der Waals surface area contributed by atoms with E-state index < -0.39 is 10.0 Å². The molecule has 1 aliphatic heterocycles. The zero-order chi connectivity index (χ0) is 16.7. The van der Waals surface area contributed by atoms with Gasteiger partial charge < -0.3 is 15.5 Å². The van der Waals surface area contributed by atoms with Gasteiger partial charge in [-0.1, -0.05) is 12.1 Å². The zero-order valence-corrected chi connectivity index (χ0v) is 14.2. The number of nitrogens with one attached hydrogen (secondary N) is 3. The van der Waals surface area contributed by atoms with Crippen LogP contribution < -0.4 is 15.4 Å². The molecule has 0 atom stereocenters. The summed E-state index contributed by atoms with van der Waals surface area (Å²) in [6, 6.07) is 6.21. The Hall–Kier alpha value is -1.64. The van der Waals surface area contributed by atoms with Gasteiger partial charge in [0.25, 0.3) is 0 Å². The number of rotatable bonds is 7. The molecule has 0 bridgehead atoms. The molecular weight excluding hydrogens is 316 g/mol. The highest BCUT2D eigenvalue weighted by Crippen LogP contribution is 2.10. The summed E-state index contributed by atoms with van der Waals surface area (Å²) in [5, 5.41) is 5.59. The molecule has 1 heterocycles. The Labute approximate surface area is 137 Å². The average Bonchev–Trinajstić information content (AvgIpc) is 3.07. The van der Waals surface area contributed by atoms with Crippen LogP contribution in [0.25, 0.3) is 0 Å². The van der Waals surface area contributed by atoms with Crippen LogP contribution in [0.3, 0.4) is 0 Å². The number of nitrogens with zero attached hydrogens (tertiary/aromatic N) is 1. The lowest BCUT2D eigenvalue weighted by atomic mass is 10.2. The van der Waals surface area contributed by atoms with Gasteiger partial charge in [-0.2, -0.15) is 0 Å². The molecule has 7 nitrogen and oxygen atoms in total. The van der Waals surface area contributed by atoms with E-state index >= 15 is 0 Å². The number of sulfonamides is 1. The van der Waals surface area contributed by atoms with Crippen molar-refractivity contribution in [1.82, 2.24) is 20.3 Å². The van der Waals surface area contributed by atoms with Crippen molar-refractivity contribution >= 4 is 16.1 Å². The normalized spacial score (nSPS) is 15.5. The van der Waals surface area contributed by atoms with Crippen molar-refractivity contribution in [3.8, 4) is 0 Å². The van der Waals surface area contributed by atoms with E-state index in [0.717, 1.165) is 25.2 Å². The van der Waals surface area contributed by atoms with Crippen molar-refractivity contribution in [2.24, 2.45) is 0 Å². The summed E-state index contributed by atoms with van der Waals surface area (Å²) in [6.07, 6.45) is 2.48. The second-order valence-electron chi connectivity index (χ2n) is 5.51. The average molecular weight is 340 g/mol. The van der Waals surface area contributed by atoms with E-state index in [1.807, 2.05) is 0 Å². The highest BCUT2D eigenvalue weighted by Gasteiger charge is 2.12. The van der Waals surface area contributed by atoms with E-state index in [9.17, 15) is 13.2 Å². The molecule has 1 aromatic rings. The summed E-state index contributed by atoms with van der Waals surface area (Å²) in [7, 11) is -2.05. The standard InChI is InChI=1S/C15H24N4O3S/c1-16-23(21,22)14-6-4-13(5-7-14)12-18-15(20)17-8-11-19-9-2-3-10-19/h4-7,16H,2-3,8-12H2,1H3,(H2,17,18,20). The number of carbonyl (C=O) groups excluding carboxylic acids is 1. The predicted octanol–water partition coefficient (Wildman–Crippen LogP) is 0.490. The number of hydrogen-bond donors (Lipinski definition) is 3. The fourth-order valence-electron chi connectivity index (χ4n) is 2.48. The largest absolute Gasteiger partial charge is 0.337 e. The number of urea groups is 1. The summed E-state index contributed by atoms with van der Waals surface area (Å²) in [5.41, 5.74) is 0.842. The third-order valence-corrected chi connectivity index (χ3v) is 5.30. The van der Waals surface area contributed by atoms with Gasteiger partial charge >= 0.3 is 6.03 Å². The van der Waals surface area contributed by atoms with Crippen LogP contribution in [0.15, 0.2) is 29.2 Å². The number of amides is 2. The lowest BCUT2D eigenvalue weighted by molar-refractivity contribution is 0.238. The van der Waals surface area contributed by atoms with Crippen LogP contribution in [0.4, 0.5) is 4.79 Å². The topological polar surface area (TPSA) is 90.5 Å². The molecule has 1 aliphatic rings. The first-order chi connectivity index (χ1) is 11.0. The minimum atomic E-state index is -3.42. The monoisotopic (exact) mass is 340 g/mol. The number of carbonyl (C=O) groups is 1. The van der Waals surface area contributed by atoms with E-state index in [4.69, 9.17) is 0 Å². The molecule has 0 radical (unpaired) electrons. The molecule has 2 amide bonds. The summed E-state index contributed by atoms with van der Waals surface area (Å²) in [4.78, 5) is 14.3. The fourth-order valence-corrected chi connectivity index (χ4v) is 3.21. The highest BCUT2D eigenvalue weighted by atomic mass is 32.2. The number of hydrogen-bond acceptors (Lipinski definition) is 4. The third-order valence-electron chi connectivity index (χ3n) is 3.87. The van der Waals surface area contributed by atoms with Crippen LogP contribution in [0.1, 0.15) is 18.4 Å². The van der Waals surface area contributed by atoms with E-state index in [0.29, 0.717) is 13.1 Å². The predicted molar refractivity (Wildman–Crippen MR) is 88.6 cm³/mol. The quantitative estimate of drug-likeness (QED) is 0.674. The van der Waals surface area contributed by atoms with Crippen LogP contribution in [0.5, 0.6) is 0 Å². The van der Waals surface area contributed by atoms with Crippen molar-refractivity contribution in [2.75, 3.05) is 33.2 Å². The van der Waals surface area contributed by atoms with Gasteiger partial charge in [0.05, 0.1) is 4.90 Å². The molecule has 23 heavy (non-hydrogen) atoms. The third kappa shape index (κ3) is 5.49. The Balaban J connectivity index is 1.71. The molecule has 0 saturated carbocycles. The molecule has 0 unspecified atom stereocenters. The molecule has 1 aromatic carbocycles. The molecule has 1 saturated heterocycles. The minimum Gasteiger partial charge on any atom is -0.337 e. The van der Waals surface area contributed by atoms with Gasteiger partial charge in [-0.25, -0.2) is 17.9 Å². The number of likely N-dealkylation sites (tertiary alicyclic amines) is 1. The first kappa shape index (κ1) is 17.7. The molecule has 2 rings (SSSR count). The molecule has 0 spiro atoms. The van der Waals surface area contributed by atoms with Crippen LogP contribution in [-0.4, -0.2) is 52.6 Å². The fraction of sp³-hybridized carbons (Fsp3) is 0.533. The second kappa shape index (κ2) is 8.28. The first-order valence-corrected chi connectivity index (χ1v) is 9.26. The lowest BCUT2D eigenvalue weighted by Gasteiger charge is -2.15. The smallest absolute Gasteiger partial charge is 0.315 e. The van der Waals surface area contributed by atoms with E-state index in [1.54, 1.807) is 12.1 Å². The highest BCUT2D eigenvalue weighted by molar-refractivity contribution is 7.89. The van der Waals surface area contributed by atoms with Crippen LogP contribution in [0, 0.1) is 0 Å². The van der Waals surface area contributed by atoms with Gasteiger partial charge in [0.1, 0.15) is 0 Å². The maximum atomic E-state index is 11.7. The van der Waals surface area contributed by atoms with Gasteiger partial charge in [-0.3, -0.25) is 0 Å². The second-order valence-corrected chi connectivity index (χ2v) is 7.40. The molecular formula is C15H24N4O3S.